The monoisotopic (exact) mass is 473 g/mol. The van der Waals surface area contributed by atoms with Crippen molar-refractivity contribution >= 4 is 35.6 Å². The van der Waals surface area contributed by atoms with Gasteiger partial charge in [-0.15, -0.1) is 24.0 Å². The van der Waals surface area contributed by atoms with Crippen molar-refractivity contribution in [1.82, 2.24) is 10.2 Å². The lowest BCUT2D eigenvalue weighted by Gasteiger charge is -2.36. The van der Waals surface area contributed by atoms with Crippen LogP contribution in [0.2, 0.25) is 0 Å². The van der Waals surface area contributed by atoms with Crippen molar-refractivity contribution in [1.29, 1.82) is 0 Å². The molecule has 1 heterocycles. The highest BCUT2D eigenvalue weighted by Crippen LogP contribution is 2.17. The summed E-state index contributed by atoms with van der Waals surface area (Å²) in [5.74, 6) is 0.597. The number of anilines is 1. The number of benzene rings is 1. The van der Waals surface area contributed by atoms with E-state index >= 15 is 0 Å². The summed E-state index contributed by atoms with van der Waals surface area (Å²) < 4.78 is 0. The lowest BCUT2D eigenvalue weighted by molar-refractivity contribution is 0.253. The van der Waals surface area contributed by atoms with E-state index in [0.717, 1.165) is 52.1 Å². The Morgan fingerprint density at radius 1 is 1.15 bits per heavy atom. The molecule has 148 valence electrons. The van der Waals surface area contributed by atoms with Crippen molar-refractivity contribution in [3.63, 3.8) is 0 Å². The molecule has 1 aromatic carbocycles. The molecule has 0 aromatic heterocycles. The number of guanidine groups is 1. The quantitative estimate of drug-likeness (QED) is 0.250. The Morgan fingerprint density at radius 2 is 1.92 bits per heavy atom. The molecular formula is C20H36IN5. The first-order valence-electron chi connectivity index (χ1n) is 9.77. The van der Waals surface area contributed by atoms with Crippen molar-refractivity contribution in [2.24, 2.45) is 10.7 Å². The van der Waals surface area contributed by atoms with Crippen molar-refractivity contribution < 1.29 is 0 Å². The second-order valence-electron chi connectivity index (χ2n) is 6.92. The number of hydrogen-bond acceptors (Lipinski definition) is 3. The van der Waals surface area contributed by atoms with Crippen LogP contribution in [0.25, 0.3) is 0 Å². The summed E-state index contributed by atoms with van der Waals surface area (Å²) in [6.07, 6.45) is 4.62. The van der Waals surface area contributed by atoms with E-state index in [-0.39, 0.29) is 24.0 Å². The van der Waals surface area contributed by atoms with Crippen molar-refractivity contribution in [3.8, 4) is 0 Å². The smallest absolute Gasteiger partial charge is 0.188 e. The molecule has 3 N–H and O–H groups in total. The molecule has 6 heteroatoms. The van der Waals surface area contributed by atoms with Crippen LogP contribution in [0.15, 0.2) is 29.3 Å². The first kappa shape index (κ1) is 23.0. The van der Waals surface area contributed by atoms with Crippen LogP contribution >= 0.6 is 24.0 Å². The summed E-state index contributed by atoms with van der Waals surface area (Å²) in [6, 6.07) is 8.82. The predicted octanol–water partition coefficient (Wildman–Crippen LogP) is 3.22. The molecule has 0 spiro atoms. The van der Waals surface area contributed by atoms with Gasteiger partial charge in [-0.25, -0.2) is 0 Å². The Hall–Kier alpha value is -1.02. The molecule has 0 radical (unpaired) electrons. The predicted molar refractivity (Wildman–Crippen MR) is 124 cm³/mol. The molecule has 2 rings (SSSR count). The third-order valence-corrected chi connectivity index (χ3v) is 4.74. The number of nitrogens with one attached hydrogen (secondary N) is 1. The standard InChI is InChI=1S/C20H35N5.HI/c1-3-4-10-22-20(21)23-11-5-6-12-24-13-15-25(16-14-24)19-9-7-8-18(2)17-19;/h7-9,17H,3-6,10-16H2,1-2H3,(H3,21,22,23);1H. The lowest BCUT2D eigenvalue weighted by atomic mass is 10.2. The zero-order chi connectivity index (χ0) is 17.9. The molecule has 1 saturated heterocycles. The van der Waals surface area contributed by atoms with Gasteiger partial charge in [0.05, 0.1) is 0 Å². The number of nitrogens with two attached hydrogens (primary N) is 1. The maximum Gasteiger partial charge on any atom is 0.188 e. The lowest BCUT2D eigenvalue weighted by Crippen LogP contribution is -2.46. The molecule has 1 fully saturated rings. The summed E-state index contributed by atoms with van der Waals surface area (Å²) in [6.45, 7) is 11.8. The zero-order valence-electron chi connectivity index (χ0n) is 16.4. The number of piperazine rings is 1. The van der Waals surface area contributed by atoms with Crippen molar-refractivity contribution in [3.05, 3.63) is 29.8 Å². The molecule has 1 aromatic rings. The van der Waals surface area contributed by atoms with E-state index in [1.807, 2.05) is 0 Å². The molecule has 0 saturated carbocycles. The average molecular weight is 473 g/mol. The van der Waals surface area contributed by atoms with Gasteiger partial charge in [-0.05, 0) is 50.4 Å². The molecule has 0 aliphatic carbocycles. The minimum Gasteiger partial charge on any atom is -0.370 e. The van der Waals surface area contributed by atoms with E-state index < -0.39 is 0 Å². The Morgan fingerprint density at radius 3 is 2.62 bits per heavy atom. The first-order chi connectivity index (χ1) is 12.2. The molecule has 0 bridgehead atoms. The molecule has 26 heavy (non-hydrogen) atoms. The highest BCUT2D eigenvalue weighted by atomic mass is 127. The number of unbranched alkanes of at least 4 members (excludes halogenated alkanes) is 2. The average Bonchev–Trinajstić information content (AvgIpc) is 2.62. The minimum absolute atomic E-state index is 0. The Kier molecular flexibility index (Phi) is 11.7. The zero-order valence-corrected chi connectivity index (χ0v) is 18.7. The number of aliphatic imine (C=N–C) groups is 1. The maximum absolute atomic E-state index is 5.84. The van der Waals surface area contributed by atoms with E-state index in [2.05, 4.69) is 58.2 Å². The summed E-state index contributed by atoms with van der Waals surface area (Å²) in [5.41, 5.74) is 8.54. The summed E-state index contributed by atoms with van der Waals surface area (Å²) in [5, 5.41) is 3.16. The van der Waals surface area contributed by atoms with Crippen molar-refractivity contribution in [2.75, 3.05) is 50.7 Å². The molecule has 0 unspecified atom stereocenters. The highest BCUT2D eigenvalue weighted by molar-refractivity contribution is 14.0. The van der Waals surface area contributed by atoms with Crippen LogP contribution in [0.3, 0.4) is 0 Å². The van der Waals surface area contributed by atoms with Gasteiger partial charge >= 0.3 is 0 Å². The van der Waals surface area contributed by atoms with E-state index in [4.69, 9.17) is 5.73 Å². The number of aryl methyl sites for hydroxylation is 1. The Balaban J connectivity index is 0.00000338. The molecular weight excluding hydrogens is 437 g/mol. The number of rotatable bonds is 9. The van der Waals surface area contributed by atoms with Gasteiger partial charge in [0, 0.05) is 45.0 Å². The third-order valence-electron chi connectivity index (χ3n) is 4.74. The summed E-state index contributed by atoms with van der Waals surface area (Å²) >= 11 is 0. The third kappa shape index (κ3) is 8.58. The number of halogens is 1. The number of nitrogens with zero attached hydrogens (tertiary/aromatic N) is 3. The second kappa shape index (κ2) is 13.2. The van der Waals surface area contributed by atoms with Crippen LogP contribution in [0.1, 0.15) is 38.2 Å². The van der Waals surface area contributed by atoms with Gasteiger partial charge in [-0.3, -0.25) is 9.89 Å². The van der Waals surface area contributed by atoms with Gasteiger partial charge in [0.2, 0.25) is 0 Å². The van der Waals surface area contributed by atoms with E-state index in [0.29, 0.717) is 5.96 Å². The van der Waals surface area contributed by atoms with Gasteiger partial charge in [0.1, 0.15) is 0 Å². The first-order valence-corrected chi connectivity index (χ1v) is 9.77. The Labute approximate surface area is 176 Å². The van der Waals surface area contributed by atoms with Gasteiger partial charge in [0.15, 0.2) is 5.96 Å². The largest absolute Gasteiger partial charge is 0.370 e. The van der Waals surface area contributed by atoms with Crippen LogP contribution in [-0.4, -0.2) is 56.7 Å². The molecule has 0 amide bonds. The van der Waals surface area contributed by atoms with Crippen molar-refractivity contribution in [2.45, 2.75) is 39.5 Å². The fraction of sp³-hybridized carbons (Fsp3) is 0.650. The second-order valence-corrected chi connectivity index (χ2v) is 6.92. The van der Waals surface area contributed by atoms with Gasteiger partial charge < -0.3 is 16.0 Å². The fourth-order valence-electron chi connectivity index (χ4n) is 3.15. The minimum atomic E-state index is 0. The van der Waals surface area contributed by atoms with Crippen LogP contribution in [0.5, 0.6) is 0 Å². The van der Waals surface area contributed by atoms with Crippen LogP contribution in [-0.2, 0) is 0 Å². The van der Waals surface area contributed by atoms with Crippen LogP contribution in [0, 0.1) is 6.92 Å². The highest BCUT2D eigenvalue weighted by Gasteiger charge is 2.16. The van der Waals surface area contributed by atoms with Crippen LogP contribution < -0.4 is 16.0 Å². The SMILES string of the molecule is CCCCNC(N)=NCCCCN1CCN(c2cccc(C)c2)CC1.I. The van der Waals surface area contributed by atoms with Gasteiger partial charge in [0.25, 0.3) is 0 Å². The van der Waals surface area contributed by atoms with E-state index in [1.165, 1.54) is 30.6 Å². The summed E-state index contributed by atoms with van der Waals surface area (Å²) in [7, 11) is 0. The van der Waals surface area contributed by atoms with Gasteiger partial charge in [-0.2, -0.15) is 0 Å². The summed E-state index contributed by atoms with van der Waals surface area (Å²) in [4.78, 5) is 9.46. The maximum atomic E-state index is 5.84. The Bertz CT molecular complexity index is 527. The van der Waals surface area contributed by atoms with E-state index in [9.17, 15) is 0 Å². The fourth-order valence-corrected chi connectivity index (χ4v) is 3.15. The molecule has 1 aliphatic heterocycles. The van der Waals surface area contributed by atoms with Gasteiger partial charge in [-0.1, -0.05) is 25.5 Å². The topological polar surface area (TPSA) is 56.9 Å². The normalized spacial score (nSPS) is 15.6. The molecule has 5 nitrogen and oxygen atoms in total. The van der Waals surface area contributed by atoms with E-state index in [1.54, 1.807) is 0 Å². The number of hydrogen-bond donors (Lipinski definition) is 2. The van der Waals surface area contributed by atoms with Crippen LogP contribution in [0.4, 0.5) is 5.69 Å². The molecule has 0 atom stereocenters. The molecule has 1 aliphatic rings.